The van der Waals surface area contributed by atoms with Gasteiger partial charge in [0.2, 0.25) is 0 Å². The lowest BCUT2D eigenvalue weighted by Gasteiger charge is -2.31. The molecule has 6 aromatic rings. The molecule has 0 aliphatic heterocycles. The molecule has 0 saturated carbocycles. The minimum absolute atomic E-state index is 0. The van der Waals surface area contributed by atoms with Crippen LogP contribution in [0.2, 0.25) is 0 Å². The first-order valence-electron chi connectivity index (χ1n) is 26.8. The highest BCUT2D eigenvalue weighted by Gasteiger charge is 2.32. The molecule has 6 heteroatoms. The van der Waals surface area contributed by atoms with Crippen molar-refractivity contribution in [3.8, 4) is 34.1 Å². The third-order valence-corrected chi connectivity index (χ3v) is 16.7. The first-order valence-corrected chi connectivity index (χ1v) is 29.2. The van der Waals surface area contributed by atoms with E-state index in [0.29, 0.717) is 0 Å². The summed E-state index contributed by atoms with van der Waals surface area (Å²) in [6.45, 7) is 54.3. The van der Waals surface area contributed by atoms with Crippen LogP contribution in [0.25, 0.3) is 11.1 Å². The van der Waals surface area contributed by atoms with Gasteiger partial charge in [-0.3, -0.25) is 0 Å². The molecule has 0 radical (unpaired) electrons. The van der Waals surface area contributed by atoms with Crippen LogP contribution in [0.15, 0.2) is 121 Å². The Kier molecular flexibility index (Phi) is 18.0. The molecule has 0 atom stereocenters. The molecule has 0 saturated heterocycles. The van der Waals surface area contributed by atoms with Crippen molar-refractivity contribution in [2.45, 2.75) is 217 Å². The van der Waals surface area contributed by atoms with Crippen molar-refractivity contribution in [1.29, 1.82) is 0 Å². The van der Waals surface area contributed by atoms with Crippen molar-refractivity contribution in [2.24, 2.45) is 0 Å². The zero-order valence-electron chi connectivity index (χ0n) is 50.1. The van der Waals surface area contributed by atoms with Crippen molar-refractivity contribution in [1.82, 2.24) is 0 Å². The highest BCUT2D eigenvalue weighted by atomic mass is 31.2. The fourth-order valence-corrected chi connectivity index (χ4v) is 11.4. The normalized spacial score (nSPS) is 13.2. The molecule has 4 nitrogen and oxygen atoms in total. The molecule has 406 valence electrons. The van der Waals surface area contributed by atoms with E-state index in [2.05, 4.69) is 287 Å². The van der Waals surface area contributed by atoms with E-state index < -0.39 is 16.8 Å². The Labute approximate surface area is 460 Å². The van der Waals surface area contributed by atoms with E-state index >= 15 is 0 Å². The van der Waals surface area contributed by atoms with Crippen molar-refractivity contribution in [3.05, 3.63) is 166 Å². The van der Waals surface area contributed by atoms with Gasteiger partial charge in [0.25, 0.3) is 0 Å². The van der Waals surface area contributed by atoms with Gasteiger partial charge in [-0.05, 0) is 125 Å². The van der Waals surface area contributed by atoms with Gasteiger partial charge in [-0.25, -0.2) is 0 Å². The number of hydrogen-bond donors (Lipinski definition) is 0. The quantitative estimate of drug-likeness (QED) is 0.121. The van der Waals surface area contributed by atoms with E-state index in [-0.39, 0.29) is 50.7 Å². The van der Waals surface area contributed by atoms with Crippen LogP contribution in [0.5, 0.6) is 23.0 Å². The molecule has 6 aromatic carbocycles. The van der Waals surface area contributed by atoms with Gasteiger partial charge in [0, 0.05) is 22.3 Å². The Bertz CT molecular complexity index is 2530. The molecule has 0 unspecified atom stereocenters. The maximum atomic E-state index is 7.20. The maximum Gasteiger partial charge on any atom is 0.326 e. The van der Waals surface area contributed by atoms with Gasteiger partial charge in [-0.2, -0.15) is 0 Å². The molecule has 0 N–H and O–H groups in total. The summed E-state index contributed by atoms with van der Waals surface area (Å²) in [6.07, 6.45) is 0. The summed E-state index contributed by atoms with van der Waals surface area (Å²) >= 11 is 0. The van der Waals surface area contributed by atoms with Crippen LogP contribution in [0.1, 0.15) is 218 Å². The lowest BCUT2D eigenvalue weighted by molar-refractivity contribution is 0.465. The van der Waals surface area contributed by atoms with Crippen molar-refractivity contribution < 1.29 is 18.1 Å². The summed E-state index contributed by atoms with van der Waals surface area (Å²) in [5.74, 6) is 3.39. The number of hydrogen-bond acceptors (Lipinski definition) is 4. The molecule has 0 aliphatic rings. The molecular weight excluding hydrogens is 955 g/mol. The van der Waals surface area contributed by atoms with Crippen LogP contribution in [0.3, 0.4) is 0 Å². The van der Waals surface area contributed by atoms with Crippen LogP contribution in [0.4, 0.5) is 0 Å². The van der Waals surface area contributed by atoms with Crippen molar-refractivity contribution in [2.75, 3.05) is 0 Å². The maximum absolute atomic E-state index is 7.20. The molecule has 0 aromatic heterocycles. The summed E-state index contributed by atoms with van der Waals surface area (Å²) in [4.78, 5) is 0. The predicted octanol–water partition coefficient (Wildman–Crippen LogP) is 20.6. The van der Waals surface area contributed by atoms with E-state index in [1.54, 1.807) is 0 Å². The van der Waals surface area contributed by atoms with E-state index in [1.807, 2.05) is 0 Å². The summed E-state index contributed by atoms with van der Waals surface area (Å²) in [5.41, 5.74) is 11.3. The molecular formula is C69H96O4P2. The first-order chi connectivity index (χ1) is 33.7. The van der Waals surface area contributed by atoms with Gasteiger partial charge in [0.05, 0.1) is 10.6 Å². The highest BCUT2D eigenvalue weighted by Crippen LogP contribution is 2.50. The van der Waals surface area contributed by atoms with Gasteiger partial charge in [-0.15, -0.1) is 0 Å². The zero-order valence-corrected chi connectivity index (χ0v) is 51.9. The fourth-order valence-electron chi connectivity index (χ4n) is 8.81. The lowest BCUT2D eigenvalue weighted by atomic mass is 9.80. The monoisotopic (exact) mass is 1050 g/mol. The van der Waals surface area contributed by atoms with Gasteiger partial charge in [0.1, 0.15) is 23.0 Å². The smallest absolute Gasteiger partial charge is 0.326 e. The Morgan fingerprint density at radius 2 is 0.427 bits per heavy atom. The van der Waals surface area contributed by atoms with Crippen LogP contribution >= 0.6 is 16.8 Å². The molecule has 0 amide bonds. The molecule has 0 bridgehead atoms. The third kappa shape index (κ3) is 15.3. The molecule has 0 fully saturated rings. The standard InChI is InChI=1S/C68H92O4P2.CH4/c1-61(2,3)47-29-37-57(53(41-47)65(13,14)15)69-73(70-58-38-30-48(62(4,5)6)42-54(58)66(16,17)18)51-33-25-45(26-34-51)46-27-35-52(36-28-46)74(71-59-39-31-49(63(7,8)9)43-55(59)67(19,20)21)72-60-40-32-50(64(10,11)12)44-56(60)68(22,23)24;/h25-44H,1-24H3;1H4. The second kappa shape index (κ2) is 22.0. The molecule has 0 aliphatic carbocycles. The Balaban J connectivity index is 0.0000104. The van der Waals surface area contributed by atoms with Crippen LogP contribution in [0, 0.1) is 0 Å². The lowest BCUT2D eigenvalue weighted by Crippen LogP contribution is -2.20. The van der Waals surface area contributed by atoms with Gasteiger partial charge >= 0.3 is 16.8 Å². The summed E-state index contributed by atoms with van der Waals surface area (Å²) < 4.78 is 28.8. The molecule has 0 heterocycles. The van der Waals surface area contributed by atoms with Crippen molar-refractivity contribution in [3.63, 3.8) is 0 Å². The molecule has 6 rings (SSSR count). The van der Waals surface area contributed by atoms with Gasteiger partial charge in [-0.1, -0.05) is 246 Å². The third-order valence-electron chi connectivity index (χ3n) is 13.8. The summed E-state index contributed by atoms with van der Waals surface area (Å²) in [5, 5.41) is 1.98. The zero-order chi connectivity index (χ0) is 55.4. The van der Waals surface area contributed by atoms with E-state index in [9.17, 15) is 0 Å². The Hall–Kier alpha value is -4.62. The second-order valence-electron chi connectivity index (χ2n) is 28.8. The predicted molar refractivity (Wildman–Crippen MR) is 330 cm³/mol. The minimum atomic E-state index is -1.63. The minimum Gasteiger partial charge on any atom is -0.435 e. The van der Waals surface area contributed by atoms with Crippen LogP contribution < -0.4 is 28.7 Å². The Morgan fingerprint density at radius 3 is 0.587 bits per heavy atom. The van der Waals surface area contributed by atoms with Gasteiger partial charge in [0.15, 0.2) is 0 Å². The fraction of sp³-hybridized carbons (Fsp3) is 0.478. The Morgan fingerprint density at radius 1 is 0.240 bits per heavy atom. The molecule has 75 heavy (non-hydrogen) atoms. The number of rotatable bonds is 11. The highest BCUT2D eigenvalue weighted by molar-refractivity contribution is 7.57. The average Bonchev–Trinajstić information content (AvgIpc) is 3.26. The summed E-state index contributed by atoms with van der Waals surface area (Å²) in [6, 6.07) is 44.3. The van der Waals surface area contributed by atoms with E-state index in [1.165, 1.54) is 22.3 Å². The topological polar surface area (TPSA) is 36.9 Å². The number of benzene rings is 6. The van der Waals surface area contributed by atoms with Crippen LogP contribution in [-0.2, 0) is 43.3 Å². The molecule has 0 spiro atoms. The summed E-state index contributed by atoms with van der Waals surface area (Å²) in [7, 11) is -3.25. The van der Waals surface area contributed by atoms with Crippen molar-refractivity contribution >= 4 is 27.4 Å². The largest absolute Gasteiger partial charge is 0.435 e. The van der Waals surface area contributed by atoms with Crippen LogP contribution in [-0.4, -0.2) is 0 Å². The van der Waals surface area contributed by atoms with E-state index in [0.717, 1.165) is 67.0 Å². The van der Waals surface area contributed by atoms with Gasteiger partial charge < -0.3 is 18.1 Å². The van der Waals surface area contributed by atoms with E-state index in [4.69, 9.17) is 18.1 Å². The average molecular weight is 1050 g/mol. The first kappa shape index (κ1) is 61.2. The second-order valence-corrected chi connectivity index (χ2v) is 31.6. The SMILES string of the molecule is C.CC(C)(C)c1ccc(OP(Oc2ccc(C(C)(C)C)cc2C(C)(C)C)c2ccc(-c3ccc(P(Oc4ccc(C(C)(C)C)cc4C(C)(C)C)Oc4ccc(C(C)(C)C)cc4C(C)(C)C)cc3)cc2)c(C(C)(C)C)c1.